The topological polar surface area (TPSA) is 52.0 Å². The van der Waals surface area contributed by atoms with Crippen molar-refractivity contribution in [2.75, 3.05) is 11.5 Å². The van der Waals surface area contributed by atoms with Gasteiger partial charge in [-0.1, -0.05) is 177 Å². The first kappa shape index (κ1) is 37.3. The van der Waals surface area contributed by atoms with Crippen LogP contribution < -0.4 is 11.5 Å². The molecule has 0 aliphatic heterocycles. The Labute approximate surface area is 293 Å². The molecule has 4 aromatic carbocycles. The monoisotopic (exact) mass is 645 g/mol. The normalized spacial score (nSPS) is 12.6. The zero-order valence-electron chi connectivity index (χ0n) is 30.3. The quantitative estimate of drug-likeness (QED) is 0.0623. The van der Waals surface area contributed by atoms with Crippen LogP contribution in [-0.2, 0) is 12.8 Å². The summed E-state index contributed by atoms with van der Waals surface area (Å²) in [5.41, 5.74) is 21.7. The third-order valence-electron chi connectivity index (χ3n) is 10.5. The van der Waals surface area contributed by atoms with Gasteiger partial charge >= 0.3 is 0 Å². The molecule has 48 heavy (non-hydrogen) atoms. The first-order valence-corrected chi connectivity index (χ1v) is 19.4. The molecule has 0 saturated carbocycles. The van der Waals surface area contributed by atoms with Crippen molar-refractivity contribution in [3.05, 3.63) is 130 Å². The number of rotatable bonds is 23. The van der Waals surface area contributed by atoms with E-state index in [1.165, 1.54) is 149 Å². The van der Waals surface area contributed by atoms with E-state index in [-0.39, 0.29) is 0 Å². The van der Waals surface area contributed by atoms with Gasteiger partial charge in [0, 0.05) is 23.2 Å². The smallest absolute Gasteiger partial charge is 0.0314 e. The number of anilines is 2. The van der Waals surface area contributed by atoms with E-state index >= 15 is 0 Å². The van der Waals surface area contributed by atoms with E-state index in [0.29, 0.717) is 11.8 Å². The van der Waals surface area contributed by atoms with Gasteiger partial charge in [0.15, 0.2) is 0 Å². The predicted molar refractivity (Wildman–Crippen MR) is 211 cm³/mol. The molecular formula is C46H64N2. The van der Waals surface area contributed by atoms with E-state index in [0.717, 1.165) is 11.4 Å². The SMILES string of the molecule is CC(c1ccc(N)cc1)c1ccc(CCCCCCCCCCCCCCCCCCc2ccc(C(C)c3ccc(N)cc3)cc2)cc1. The van der Waals surface area contributed by atoms with Crippen molar-refractivity contribution in [3.63, 3.8) is 0 Å². The minimum absolute atomic E-state index is 0.401. The number of aryl methyl sites for hydroxylation is 2. The van der Waals surface area contributed by atoms with Crippen LogP contribution in [0.1, 0.15) is 162 Å². The van der Waals surface area contributed by atoms with Crippen LogP contribution in [0.5, 0.6) is 0 Å². The standard InChI is InChI=1S/C46H64N2/c1-37(43-29-33-45(47)34-30-43)41-25-21-39(22-26-41)19-17-15-13-11-9-7-5-3-4-6-8-10-12-14-16-18-20-40-23-27-42(28-24-40)38(2)44-31-35-46(48)36-32-44/h21-38H,3-20,47-48H2,1-2H3. The highest BCUT2D eigenvalue weighted by Crippen LogP contribution is 2.27. The summed E-state index contributed by atoms with van der Waals surface area (Å²) in [5.74, 6) is 0.802. The lowest BCUT2D eigenvalue weighted by Gasteiger charge is -2.13. The first-order valence-electron chi connectivity index (χ1n) is 19.4. The maximum Gasteiger partial charge on any atom is 0.0314 e. The van der Waals surface area contributed by atoms with Crippen LogP contribution in [-0.4, -0.2) is 0 Å². The Balaban J connectivity index is 0.898. The zero-order chi connectivity index (χ0) is 33.8. The maximum absolute atomic E-state index is 5.85. The summed E-state index contributed by atoms with van der Waals surface area (Å²) in [6, 6.07) is 35.1. The Bertz CT molecular complexity index is 1280. The van der Waals surface area contributed by atoms with E-state index in [1.54, 1.807) is 0 Å². The molecule has 0 aliphatic carbocycles. The molecule has 4 aromatic rings. The Morgan fingerprint density at radius 1 is 0.312 bits per heavy atom. The second-order valence-electron chi connectivity index (χ2n) is 14.4. The number of hydrogen-bond donors (Lipinski definition) is 2. The van der Waals surface area contributed by atoms with Crippen molar-refractivity contribution >= 4 is 11.4 Å². The molecule has 0 aromatic heterocycles. The molecule has 0 saturated heterocycles. The lowest BCUT2D eigenvalue weighted by atomic mass is 9.92. The second-order valence-corrected chi connectivity index (χ2v) is 14.4. The highest BCUT2D eigenvalue weighted by molar-refractivity contribution is 5.44. The average Bonchev–Trinajstić information content (AvgIpc) is 3.11. The Morgan fingerprint density at radius 2 is 0.521 bits per heavy atom. The second kappa shape index (κ2) is 21.5. The molecule has 4 N–H and O–H groups in total. The lowest BCUT2D eigenvalue weighted by Crippen LogP contribution is -1.97. The first-order chi connectivity index (χ1) is 23.5. The largest absolute Gasteiger partial charge is 0.399 e. The van der Waals surface area contributed by atoms with Gasteiger partial charge < -0.3 is 11.5 Å². The fourth-order valence-corrected chi connectivity index (χ4v) is 7.03. The minimum Gasteiger partial charge on any atom is -0.399 e. The highest BCUT2D eigenvalue weighted by atomic mass is 14.5. The van der Waals surface area contributed by atoms with Crippen LogP contribution in [0, 0.1) is 0 Å². The van der Waals surface area contributed by atoms with Crippen LogP contribution in [0.15, 0.2) is 97.1 Å². The van der Waals surface area contributed by atoms with E-state index in [2.05, 4.69) is 86.6 Å². The summed E-state index contributed by atoms with van der Waals surface area (Å²) in [7, 11) is 0. The van der Waals surface area contributed by atoms with Crippen molar-refractivity contribution < 1.29 is 0 Å². The number of nitrogen functional groups attached to an aromatic ring is 2. The molecule has 0 radical (unpaired) electrons. The molecule has 0 bridgehead atoms. The van der Waals surface area contributed by atoms with Gasteiger partial charge in [0.1, 0.15) is 0 Å². The van der Waals surface area contributed by atoms with Crippen LogP contribution in [0.25, 0.3) is 0 Å². The molecule has 258 valence electrons. The van der Waals surface area contributed by atoms with E-state index in [4.69, 9.17) is 11.5 Å². The number of nitrogens with two attached hydrogens (primary N) is 2. The van der Waals surface area contributed by atoms with Gasteiger partial charge in [-0.05, 0) is 83.3 Å². The van der Waals surface area contributed by atoms with Crippen molar-refractivity contribution in [1.29, 1.82) is 0 Å². The third-order valence-corrected chi connectivity index (χ3v) is 10.5. The Hall–Kier alpha value is -3.52. The number of benzene rings is 4. The highest BCUT2D eigenvalue weighted by Gasteiger charge is 2.09. The summed E-state index contributed by atoms with van der Waals surface area (Å²) in [6.45, 7) is 4.55. The van der Waals surface area contributed by atoms with Crippen molar-refractivity contribution in [2.45, 2.75) is 141 Å². The molecular weight excluding hydrogens is 581 g/mol. The molecule has 0 fully saturated rings. The summed E-state index contributed by atoms with van der Waals surface area (Å²) >= 11 is 0. The van der Waals surface area contributed by atoms with Crippen LogP contribution in [0.4, 0.5) is 11.4 Å². The summed E-state index contributed by atoms with van der Waals surface area (Å²) in [6.07, 6.45) is 24.8. The number of unbranched alkanes of at least 4 members (excludes halogenated alkanes) is 15. The lowest BCUT2D eigenvalue weighted by molar-refractivity contribution is 0.528. The summed E-state index contributed by atoms with van der Waals surface area (Å²) < 4.78 is 0. The Morgan fingerprint density at radius 3 is 0.771 bits per heavy atom. The van der Waals surface area contributed by atoms with E-state index in [9.17, 15) is 0 Å². The minimum atomic E-state index is 0.401. The fraction of sp³-hybridized carbons (Fsp3) is 0.478. The van der Waals surface area contributed by atoms with Gasteiger partial charge in [0.25, 0.3) is 0 Å². The molecule has 0 aliphatic rings. The van der Waals surface area contributed by atoms with Crippen molar-refractivity contribution in [1.82, 2.24) is 0 Å². The van der Waals surface area contributed by atoms with E-state index < -0.39 is 0 Å². The van der Waals surface area contributed by atoms with Gasteiger partial charge in [0.05, 0.1) is 0 Å². The van der Waals surface area contributed by atoms with Crippen LogP contribution >= 0.6 is 0 Å². The van der Waals surface area contributed by atoms with Crippen LogP contribution in [0.2, 0.25) is 0 Å². The molecule has 2 nitrogen and oxygen atoms in total. The van der Waals surface area contributed by atoms with Gasteiger partial charge in [-0.3, -0.25) is 0 Å². The maximum atomic E-state index is 5.85. The zero-order valence-corrected chi connectivity index (χ0v) is 30.3. The van der Waals surface area contributed by atoms with E-state index in [1.807, 2.05) is 24.3 Å². The summed E-state index contributed by atoms with van der Waals surface area (Å²) in [4.78, 5) is 0. The van der Waals surface area contributed by atoms with Crippen molar-refractivity contribution in [3.8, 4) is 0 Å². The predicted octanol–water partition coefficient (Wildman–Crippen LogP) is 13.2. The fourth-order valence-electron chi connectivity index (χ4n) is 7.03. The van der Waals surface area contributed by atoms with Gasteiger partial charge in [0.2, 0.25) is 0 Å². The summed E-state index contributed by atoms with van der Waals surface area (Å²) in [5, 5.41) is 0. The van der Waals surface area contributed by atoms with Crippen molar-refractivity contribution in [2.24, 2.45) is 0 Å². The Kier molecular flexibility index (Phi) is 16.7. The van der Waals surface area contributed by atoms with Gasteiger partial charge in [-0.15, -0.1) is 0 Å². The molecule has 0 amide bonds. The average molecular weight is 645 g/mol. The molecule has 0 heterocycles. The molecule has 2 unspecified atom stereocenters. The van der Waals surface area contributed by atoms with Gasteiger partial charge in [-0.2, -0.15) is 0 Å². The molecule has 2 atom stereocenters. The van der Waals surface area contributed by atoms with Crippen LogP contribution in [0.3, 0.4) is 0 Å². The van der Waals surface area contributed by atoms with Gasteiger partial charge in [-0.25, -0.2) is 0 Å². The third kappa shape index (κ3) is 13.5. The molecule has 0 spiro atoms. The molecule has 4 rings (SSSR count). The number of hydrogen-bond acceptors (Lipinski definition) is 2. The molecule has 2 heteroatoms.